The maximum Gasteiger partial charge on any atom is 2.00 e. The first kappa shape index (κ1) is 33.6. The van der Waals surface area contributed by atoms with Gasteiger partial charge in [0.05, 0.1) is 22.8 Å². The van der Waals surface area contributed by atoms with E-state index in [1.807, 2.05) is 24.3 Å². The van der Waals surface area contributed by atoms with Crippen LogP contribution in [0.5, 0.6) is 0 Å². The smallest absolute Gasteiger partial charge is 0.657 e. The van der Waals surface area contributed by atoms with Gasteiger partial charge in [-0.25, -0.2) is 9.97 Å². The minimum absolute atomic E-state index is 0. The number of rotatable bonds is 6. The van der Waals surface area contributed by atoms with Crippen LogP contribution in [0.25, 0.3) is 90.4 Å². The Bertz CT molecular complexity index is 2710. The molecule has 0 N–H and O–H groups in total. The summed E-state index contributed by atoms with van der Waals surface area (Å²) >= 11 is 0. The van der Waals surface area contributed by atoms with Crippen molar-refractivity contribution < 1.29 is 21.1 Å². The molecule has 9 rings (SSSR count). The van der Waals surface area contributed by atoms with Crippen LogP contribution in [0.4, 0.5) is 0 Å². The van der Waals surface area contributed by atoms with Crippen molar-refractivity contribution in [3.63, 3.8) is 0 Å². The average molecular weight is 727 g/mol. The summed E-state index contributed by atoms with van der Waals surface area (Å²) in [6.45, 7) is 4.61. The second-order valence-electron chi connectivity index (χ2n) is 13.0. The number of benzene rings is 4. The molecule has 2 aliphatic heterocycles. The summed E-state index contributed by atoms with van der Waals surface area (Å²) < 4.78 is 1.70. The molecular formula is C47H33N5Ni. The van der Waals surface area contributed by atoms with Gasteiger partial charge >= 0.3 is 16.5 Å². The Balaban J connectivity index is 0.00000400. The SMILES string of the molecule is C=[N+]([CH2-])CC1=Cc2nc1c(-c1ccccc1)c1ccc([n-]1)c(-c1ccccc1)c1nc(c(-c3ccccc3)c3ccc([n-]3)c2-c2ccccc2)C=C1.[Ni+2]. The predicted octanol–water partition coefficient (Wildman–Crippen LogP) is 10.5. The zero-order valence-corrected chi connectivity index (χ0v) is 29.7. The Morgan fingerprint density at radius 2 is 0.830 bits per heavy atom. The second kappa shape index (κ2) is 14.3. The van der Waals surface area contributed by atoms with Crippen molar-refractivity contribution in [2.45, 2.75) is 0 Å². The van der Waals surface area contributed by atoms with Crippen LogP contribution in [0.1, 0.15) is 22.8 Å². The van der Waals surface area contributed by atoms with Crippen LogP contribution >= 0.6 is 0 Å². The van der Waals surface area contributed by atoms with Crippen molar-refractivity contribution in [3.8, 4) is 44.5 Å². The van der Waals surface area contributed by atoms with Crippen molar-refractivity contribution >= 4 is 52.6 Å². The van der Waals surface area contributed by atoms with Crippen molar-refractivity contribution in [3.05, 3.63) is 175 Å². The van der Waals surface area contributed by atoms with Gasteiger partial charge in [-0.15, -0.1) is 22.1 Å². The maximum absolute atomic E-state index is 5.48. The number of hydrogen-bond acceptors (Lipinski definition) is 2. The van der Waals surface area contributed by atoms with E-state index in [9.17, 15) is 0 Å². The molecule has 5 heterocycles. The molecule has 0 aliphatic carbocycles. The van der Waals surface area contributed by atoms with Crippen LogP contribution in [0.2, 0.25) is 0 Å². The fraction of sp³-hybridized carbons (Fsp3) is 0.0213. The van der Waals surface area contributed by atoms with Gasteiger partial charge in [0.15, 0.2) is 0 Å². The molecule has 6 heteroatoms. The van der Waals surface area contributed by atoms with Gasteiger partial charge in [0.25, 0.3) is 0 Å². The molecule has 4 aromatic carbocycles. The fourth-order valence-corrected chi connectivity index (χ4v) is 7.19. The summed E-state index contributed by atoms with van der Waals surface area (Å²) in [4.78, 5) is 21.6. The zero-order chi connectivity index (χ0) is 35.0. The first-order valence-corrected chi connectivity index (χ1v) is 17.3. The number of aromatic nitrogens is 4. The normalized spacial score (nSPS) is 11.9. The van der Waals surface area contributed by atoms with E-state index in [1.54, 1.807) is 4.58 Å². The van der Waals surface area contributed by atoms with E-state index in [0.717, 1.165) is 94.9 Å². The van der Waals surface area contributed by atoms with Gasteiger partial charge in [0, 0.05) is 5.57 Å². The molecule has 256 valence electrons. The molecule has 0 spiro atoms. The summed E-state index contributed by atoms with van der Waals surface area (Å²) in [6, 6.07) is 49.9. The molecule has 0 fully saturated rings. The van der Waals surface area contributed by atoms with Crippen LogP contribution < -0.4 is 9.97 Å². The Labute approximate surface area is 318 Å². The fourth-order valence-electron chi connectivity index (χ4n) is 7.19. The van der Waals surface area contributed by atoms with Crippen LogP contribution in [0.3, 0.4) is 0 Å². The van der Waals surface area contributed by atoms with E-state index in [-0.39, 0.29) is 16.5 Å². The van der Waals surface area contributed by atoms with Crippen LogP contribution in [0, 0.1) is 7.05 Å². The third-order valence-corrected chi connectivity index (χ3v) is 9.44. The third kappa shape index (κ3) is 6.35. The Morgan fingerprint density at radius 3 is 1.23 bits per heavy atom. The number of hydrogen-bond donors (Lipinski definition) is 0. The Morgan fingerprint density at radius 1 is 0.472 bits per heavy atom. The van der Waals surface area contributed by atoms with E-state index in [1.165, 1.54) is 0 Å². The molecule has 2 aliphatic rings. The van der Waals surface area contributed by atoms with Crippen molar-refractivity contribution in [2.24, 2.45) is 0 Å². The predicted molar refractivity (Wildman–Crippen MR) is 215 cm³/mol. The molecule has 3 aromatic heterocycles. The molecule has 7 aromatic rings. The quantitative estimate of drug-likeness (QED) is 0.0741. The summed E-state index contributed by atoms with van der Waals surface area (Å²) in [6.07, 6.45) is 6.36. The van der Waals surface area contributed by atoms with E-state index >= 15 is 0 Å². The van der Waals surface area contributed by atoms with Gasteiger partial charge in [-0.3, -0.25) is 0 Å². The minimum Gasteiger partial charge on any atom is -0.657 e. The van der Waals surface area contributed by atoms with E-state index < -0.39 is 0 Å². The average Bonchev–Trinajstić information content (AvgIpc) is 4.01. The van der Waals surface area contributed by atoms with Gasteiger partial charge in [-0.05, 0) is 76.5 Å². The van der Waals surface area contributed by atoms with Gasteiger partial charge in [0.2, 0.25) is 0 Å². The Kier molecular flexibility index (Phi) is 9.06. The Hall–Kier alpha value is -6.49. The van der Waals surface area contributed by atoms with E-state index in [4.69, 9.17) is 19.9 Å². The molecular weight excluding hydrogens is 693 g/mol. The number of nitrogens with zero attached hydrogens (tertiary/aromatic N) is 5. The van der Waals surface area contributed by atoms with Crippen molar-refractivity contribution in [2.75, 3.05) is 6.54 Å². The van der Waals surface area contributed by atoms with Crippen LogP contribution in [-0.2, 0) is 16.5 Å². The monoisotopic (exact) mass is 725 g/mol. The second-order valence-corrected chi connectivity index (χ2v) is 13.0. The zero-order valence-electron chi connectivity index (χ0n) is 28.8. The van der Waals surface area contributed by atoms with Gasteiger partial charge in [-0.2, -0.15) is 0 Å². The molecule has 8 bridgehead atoms. The van der Waals surface area contributed by atoms with E-state index in [0.29, 0.717) is 6.54 Å². The van der Waals surface area contributed by atoms with Crippen LogP contribution in [0.15, 0.2) is 146 Å². The number of fused-ring (bicyclic) bond motifs is 8. The molecule has 0 atom stereocenters. The summed E-state index contributed by atoms with van der Waals surface area (Å²) in [5.74, 6) is 0. The van der Waals surface area contributed by atoms with Gasteiger partial charge in [0.1, 0.15) is 6.54 Å². The molecule has 0 radical (unpaired) electrons. The van der Waals surface area contributed by atoms with Gasteiger partial charge < -0.3 is 14.5 Å². The topological polar surface area (TPSA) is 57.0 Å². The molecule has 0 saturated heterocycles. The summed E-state index contributed by atoms with van der Waals surface area (Å²) in [5, 5.41) is 0. The first-order chi connectivity index (χ1) is 25.6. The molecule has 0 unspecified atom stereocenters. The van der Waals surface area contributed by atoms with Gasteiger partial charge in [-0.1, -0.05) is 146 Å². The molecule has 5 nitrogen and oxygen atoms in total. The molecule has 53 heavy (non-hydrogen) atoms. The summed E-state index contributed by atoms with van der Waals surface area (Å²) in [7, 11) is 4.12. The van der Waals surface area contributed by atoms with Crippen molar-refractivity contribution in [1.82, 2.24) is 19.9 Å². The first-order valence-electron chi connectivity index (χ1n) is 17.3. The minimum atomic E-state index is 0. The van der Waals surface area contributed by atoms with Crippen LogP contribution in [-0.4, -0.2) is 27.8 Å². The standard InChI is InChI=1S/C47H33N5.Ni/c1-52(2)30-35-29-42-45(33-19-11-5-12-20-33)40-26-25-38(49-40)43(31-15-7-3-8-16-31)36-23-24-37(48-36)44(32-17-9-4-10-18-32)39-27-28-41(50-39)46(47(35)51-42)34-21-13-6-14-22-34;/h3-29H,1-2,30H2;/q-2;+2. The summed E-state index contributed by atoms with van der Waals surface area (Å²) in [5.41, 5.74) is 15.6. The largest absolute Gasteiger partial charge is 2.00 e. The van der Waals surface area contributed by atoms with E-state index in [2.05, 4.69) is 153 Å². The molecule has 0 amide bonds. The molecule has 0 saturated carbocycles. The van der Waals surface area contributed by atoms with Crippen molar-refractivity contribution in [1.29, 1.82) is 0 Å². The third-order valence-electron chi connectivity index (χ3n) is 9.44. The maximum atomic E-state index is 5.48.